The Morgan fingerprint density at radius 2 is 1.32 bits per heavy atom. The number of pyridine rings is 2. The molecule has 0 radical (unpaired) electrons. The first kappa shape index (κ1) is 22.7. The van der Waals surface area contributed by atoms with Crippen LogP contribution in [0.2, 0.25) is 0 Å². The Morgan fingerprint density at radius 3 is 1.77 bits per heavy atom. The van der Waals surface area contributed by atoms with Crippen LogP contribution in [0, 0.1) is 30.4 Å². The highest BCUT2D eigenvalue weighted by atomic mass is 19.1. The minimum atomic E-state index is -0.486. The molecular weight excluding hydrogens is 394 g/mol. The first-order valence-electron chi connectivity index (χ1n) is 10.7. The van der Waals surface area contributed by atoms with E-state index in [-0.39, 0.29) is 16.7 Å². The Bertz CT molecular complexity index is 1010. The Balaban J connectivity index is 1.87. The number of benzene rings is 1. The van der Waals surface area contributed by atoms with Crippen LogP contribution in [-0.4, -0.2) is 23.1 Å². The molecule has 0 saturated carbocycles. The van der Waals surface area contributed by atoms with Crippen molar-refractivity contribution in [2.45, 2.75) is 34.6 Å². The summed E-state index contributed by atoms with van der Waals surface area (Å²) < 4.78 is 30.3. The van der Waals surface area contributed by atoms with Gasteiger partial charge in [-0.05, 0) is 54.7 Å². The molecule has 0 atom stereocenters. The number of hydrogen-bond donors (Lipinski definition) is 2. The van der Waals surface area contributed by atoms with Crippen molar-refractivity contribution >= 4 is 11.6 Å². The molecule has 0 aliphatic heterocycles. The number of nitrogens with zero attached hydrogens (tertiary/aromatic N) is 2. The van der Waals surface area contributed by atoms with Crippen molar-refractivity contribution < 1.29 is 8.78 Å². The van der Waals surface area contributed by atoms with E-state index in [1.54, 1.807) is 43.6 Å². The van der Waals surface area contributed by atoms with Crippen LogP contribution in [0.5, 0.6) is 0 Å². The molecule has 2 heterocycles. The molecule has 0 spiro atoms. The molecule has 6 heteroatoms. The third-order valence-electron chi connectivity index (χ3n) is 4.96. The van der Waals surface area contributed by atoms with Gasteiger partial charge in [-0.15, -0.1) is 0 Å². The summed E-state index contributed by atoms with van der Waals surface area (Å²) in [7, 11) is 0. The summed E-state index contributed by atoms with van der Waals surface area (Å²) >= 11 is 0. The van der Waals surface area contributed by atoms with Crippen LogP contribution in [0.15, 0.2) is 42.7 Å². The van der Waals surface area contributed by atoms with E-state index in [2.05, 4.69) is 48.3 Å². The van der Waals surface area contributed by atoms with Crippen molar-refractivity contribution in [3.63, 3.8) is 0 Å². The highest BCUT2D eigenvalue weighted by Crippen LogP contribution is 2.34. The standard InChI is InChI=1S/C25H30F2N4/c1-15(2)11-28-22-8-6-18(13-30-22)20-10-21(26)24(17(5)25(20)27)19-7-9-23(31-14-19)29-12-16(3)4/h6-10,13-16H,11-12H2,1-5H3,(H,28,30)(H,29,31). The van der Waals surface area contributed by atoms with Gasteiger partial charge in [-0.25, -0.2) is 18.7 Å². The monoisotopic (exact) mass is 424 g/mol. The van der Waals surface area contributed by atoms with Crippen molar-refractivity contribution in [3.05, 3.63) is 59.9 Å². The van der Waals surface area contributed by atoms with Gasteiger partial charge in [0.1, 0.15) is 23.3 Å². The van der Waals surface area contributed by atoms with Gasteiger partial charge in [0, 0.05) is 47.7 Å². The molecule has 2 aromatic heterocycles. The number of nitrogens with one attached hydrogen (secondary N) is 2. The second kappa shape index (κ2) is 9.86. The molecular formula is C25H30F2N4. The first-order valence-corrected chi connectivity index (χ1v) is 10.7. The summed E-state index contributed by atoms with van der Waals surface area (Å²) in [4.78, 5) is 8.67. The number of aromatic nitrogens is 2. The quantitative estimate of drug-likeness (QED) is 0.431. The summed E-state index contributed by atoms with van der Waals surface area (Å²) in [5.41, 5.74) is 1.76. The smallest absolute Gasteiger partial charge is 0.134 e. The molecule has 4 nitrogen and oxygen atoms in total. The molecule has 2 N–H and O–H groups in total. The lowest BCUT2D eigenvalue weighted by molar-refractivity contribution is 0.598. The van der Waals surface area contributed by atoms with E-state index >= 15 is 8.78 Å². The van der Waals surface area contributed by atoms with Gasteiger partial charge in [0.2, 0.25) is 0 Å². The van der Waals surface area contributed by atoms with E-state index in [0.717, 1.165) is 13.1 Å². The van der Waals surface area contributed by atoms with E-state index in [0.29, 0.717) is 34.6 Å². The van der Waals surface area contributed by atoms with Crippen molar-refractivity contribution in [3.8, 4) is 22.3 Å². The lowest BCUT2D eigenvalue weighted by atomic mass is 9.95. The Morgan fingerprint density at radius 1 is 0.806 bits per heavy atom. The Kier molecular flexibility index (Phi) is 7.21. The first-order chi connectivity index (χ1) is 14.8. The fourth-order valence-electron chi connectivity index (χ4n) is 3.24. The minimum absolute atomic E-state index is 0.199. The lowest BCUT2D eigenvalue weighted by Gasteiger charge is -2.14. The summed E-state index contributed by atoms with van der Waals surface area (Å²) in [6, 6.07) is 8.32. The van der Waals surface area contributed by atoms with Gasteiger partial charge in [-0.1, -0.05) is 27.7 Å². The third kappa shape index (κ3) is 5.57. The van der Waals surface area contributed by atoms with Crippen LogP contribution in [0.3, 0.4) is 0 Å². The SMILES string of the molecule is Cc1c(F)c(-c2ccc(NCC(C)C)nc2)cc(F)c1-c1ccc(NCC(C)C)nc1. The molecule has 0 aliphatic rings. The maximum Gasteiger partial charge on any atom is 0.134 e. The lowest BCUT2D eigenvalue weighted by Crippen LogP contribution is -2.09. The van der Waals surface area contributed by atoms with Gasteiger partial charge in [0.15, 0.2) is 0 Å². The van der Waals surface area contributed by atoms with Crippen LogP contribution in [-0.2, 0) is 0 Å². The van der Waals surface area contributed by atoms with Crippen LogP contribution < -0.4 is 10.6 Å². The van der Waals surface area contributed by atoms with E-state index in [1.807, 2.05) is 0 Å². The molecule has 0 saturated heterocycles. The zero-order valence-electron chi connectivity index (χ0n) is 18.8. The summed E-state index contributed by atoms with van der Waals surface area (Å²) in [6.45, 7) is 11.6. The molecule has 3 rings (SSSR count). The van der Waals surface area contributed by atoms with Crippen LogP contribution in [0.1, 0.15) is 33.3 Å². The average Bonchev–Trinajstić information content (AvgIpc) is 2.74. The zero-order chi connectivity index (χ0) is 22.5. The van der Waals surface area contributed by atoms with Crippen molar-refractivity contribution in [1.29, 1.82) is 0 Å². The van der Waals surface area contributed by atoms with E-state index in [1.165, 1.54) is 6.07 Å². The largest absolute Gasteiger partial charge is 0.370 e. The summed E-state index contributed by atoms with van der Waals surface area (Å²) in [5, 5.41) is 6.44. The average molecular weight is 425 g/mol. The Hall–Kier alpha value is -3.02. The molecule has 31 heavy (non-hydrogen) atoms. The number of halogens is 2. The molecule has 0 bridgehead atoms. The van der Waals surface area contributed by atoms with Gasteiger partial charge in [0.25, 0.3) is 0 Å². The highest BCUT2D eigenvalue weighted by Gasteiger charge is 2.18. The van der Waals surface area contributed by atoms with Gasteiger partial charge >= 0.3 is 0 Å². The Labute approximate surface area is 183 Å². The van der Waals surface area contributed by atoms with Crippen molar-refractivity contribution in [1.82, 2.24) is 9.97 Å². The molecule has 164 valence electrons. The van der Waals surface area contributed by atoms with Crippen LogP contribution in [0.4, 0.5) is 20.4 Å². The zero-order valence-corrected chi connectivity index (χ0v) is 18.8. The molecule has 0 fully saturated rings. The molecule has 0 unspecified atom stereocenters. The van der Waals surface area contributed by atoms with Gasteiger partial charge in [-0.3, -0.25) is 0 Å². The number of anilines is 2. The topological polar surface area (TPSA) is 49.8 Å². The maximum absolute atomic E-state index is 15.2. The van der Waals surface area contributed by atoms with E-state index in [9.17, 15) is 0 Å². The van der Waals surface area contributed by atoms with Crippen molar-refractivity contribution in [2.24, 2.45) is 11.8 Å². The van der Waals surface area contributed by atoms with E-state index < -0.39 is 11.6 Å². The predicted molar refractivity (Wildman–Crippen MR) is 124 cm³/mol. The third-order valence-corrected chi connectivity index (χ3v) is 4.96. The fourth-order valence-corrected chi connectivity index (χ4v) is 3.24. The normalized spacial score (nSPS) is 11.3. The maximum atomic E-state index is 15.2. The highest BCUT2D eigenvalue weighted by molar-refractivity contribution is 5.75. The van der Waals surface area contributed by atoms with Gasteiger partial charge < -0.3 is 10.6 Å². The molecule has 0 aliphatic carbocycles. The molecule has 0 amide bonds. The minimum Gasteiger partial charge on any atom is -0.370 e. The summed E-state index contributed by atoms with van der Waals surface area (Å²) in [6.07, 6.45) is 3.14. The second-order valence-electron chi connectivity index (χ2n) is 8.63. The van der Waals surface area contributed by atoms with Gasteiger partial charge in [-0.2, -0.15) is 0 Å². The summed E-state index contributed by atoms with van der Waals surface area (Å²) in [5.74, 6) is 1.45. The number of hydrogen-bond acceptors (Lipinski definition) is 4. The van der Waals surface area contributed by atoms with Crippen LogP contribution in [0.25, 0.3) is 22.3 Å². The van der Waals surface area contributed by atoms with E-state index in [4.69, 9.17) is 0 Å². The number of rotatable bonds is 8. The van der Waals surface area contributed by atoms with Crippen LogP contribution >= 0.6 is 0 Å². The van der Waals surface area contributed by atoms with Gasteiger partial charge in [0.05, 0.1) is 0 Å². The molecule has 1 aromatic carbocycles. The fraction of sp³-hybridized carbons (Fsp3) is 0.360. The predicted octanol–water partition coefficient (Wildman–Crippen LogP) is 6.53. The molecule has 3 aromatic rings. The van der Waals surface area contributed by atoms with Crippen molar-refractivity contribution in [2.75, 3.05) is 23.7 Å². The second-order valence-corrected chi connectivity index (χ2v) is 8.63.